The first kappa shape index (κ1) is 24.3. The van der Waals surface area contributed by atoms with Crippen molar-refractivity contribution in [1.82, 2.24) is 9.78 Å². The topological polar surface area (TPSA) is 65.4 Å². The van der Waals surface area contributed by atoms with Crippen molar-refractivity contribution in [2.24, 2.45) is 0 Å². The number of anilines is 1. The number of nitrogens with one attached hydrogen (secondary N) is 1. The lowest BCUT2D eigenvalue weighted by atomic mass is 9.72. The van der Waals surface area contributed by atoms with Crippen molar-refractivity contribution in [3.05, 3.63) is 111 Å². The van der Waals surface area contributed by atoms with E-state index in [0.717, 1.165) is 45.2 Å². The van der Waals surface area contributed by atoms with Gasteiger partial charge in [0.25, 0.3) is 0 Å². The molecule has 0 bridgehead atoms. The Morgan fingerprint density at radius 2 is 1.63 bits per heavy atom. The monoisotopic (exact) mass is 525 g/mol. The van der Waals surface area contributed by atoms with E-state index < -0.39 is 0 Å². The number of carbonyl (C=O) groups is 1. The molecule has 6 nitrogen and oxygen atoms in total. The molecule has 0 amide bonds. The maximum absolute atomic E-state index is 13.9. The lowest BCUT2D eigenvalue weighted by Crippen LogP contribution is -2.30. The van der Waals surface area contributed by atoms with Crippen molar-refractivity contribution in [3.8, 4) is 17.2 Å². The van der Waals surface area contributed by atoms with Gasteiger partial charge in [-0.2, -0.15) is 5.10 Å². The number of fused-ring (bicyclic) bond motifs is 1. The fraction of sp³-hybridized carbons (Fsp3) is 0.226. The van der Waals surface area contributed by atoms with Gasteiger partial charge in [0, 0.05) is 34.2 Å². The molecule has 4 aromatic rings. The highest BCUT2D eigenvalue weighted by atomic mass is 35.5. The van der Waals surface area contributed by atoms with Gasteiger partial charge < -0.3 is 14.8 Å². The summed E-state index contributed by atoms with van der Waals surface area (Å²) in [5, 5.41) is 9.24. The summed E-state index contributed by atoms with van der Waals surface area (Å²) < 4.78 is 12.9. The molecule has 0 saturated carbocycles. The average molecular weight is 526 g/mol. The molecule has 0 fully saturated rings. The van der Waals surface area contributed by atoms with E-state index in [9.17, 15) is 4.79 Å². The van der Waals surface area contributed by atoms with Crippen LogP contribution in [0, 0.1) is 6.92 Å². The number of allylic oxidation sites excluding steroid dienone is 2. The first-order chi connectivity index (χ1) is 18.5. The van der Waals surface area contributed by atoms with Gasteiger partial charge in [0.2, 0.25) is 0 Å². The summed E-state index contributed by atoms with van der Waals surface area (Å²) in [5.41, 5.74) is 6.69. The van der Waals surface area contributed by atoms with Crippen molar-refractivity contribution in [1.29, 1.82) is 0 Å². The highest BCUT2D eigenvalue weighted by Crippen LogP contribution is 2.50. The molecule has 7 heteroatoms. The molecule has 38 heavy (non-hydrogen) atoms. The number of para-hydroxylation sites is 1. The van der Waals surface area contributed by atoms with Crippen LogP contribution >= 0.6 is 11.6 Å². The zero-order valence-electron chi connectivity index (χ0n) is 21.5. The Morgan fingerprint density at radius 3 is 2.34 bits per heavy atom. The Hall–Kier alpha value is -4.03. The molecule has 1 aromatic heterocycles. The van der Waals surface area contributed by atoms with Crippen molar-refractivity contribution >= 4 is 23.2 Å². The molecule has 1 aliphatic heterocycles. The third-order valence-corrected chi connectivity index (χ3v) is 7.80. The van der Waals surface area contributed by atoms with Crippen molar-refractivity contribution in [2.45, 2.75) is 31.6 Å². The Bertz CT molecular complexity index is 1560. The van der Waals surface area contributed by atoms with Gasteiger partial charge in [-0.15, -0.1) is 0 Å². The first-order valence-electron chi connectivity index (χ1n) is 12.6. The van der Waals surface area contributed by atoms with Crippen LogP contribution in [0.15, 0.2) is 84.1 Å². The summed E-state index contributed by atoms with van der Waals surface area (Å²) in [5.74, 6) is 2.14. The lowest BCUT2D eigenvalue weighted by molar-refractivity contribution is -0.116. The number of aryl methyl sites for hydroxylation is 1. The van der Waals surface area contributed by atoms with Gasteiger partial charge in [-0.25, -0.2) is 4.68 Å². The van der Waals surface area contributed by atoms with Gasteiger partial charge in [-0.3, -0.25) is 4.79 Å². The van der Waals surface area contributed by atoms with Crippen LogP contribution in [0.5, 0.6) is 11.5 Å². The first-order valence-corrected chi connectivity index (χ1v) is 13.0. The van der Waals surface area contributed by atoms with E-state index in [1.165, 1.54) is 0 Å². The number of rotatable bonds is 5. The van der Waals surface area contributed by atoms with Crippen molar-refractivity contribution in [3.63, 3.8) is 0 Å². The number of ketones is 1. The summed E-state index contributed by atoms with van der Waals surface area (Å²) in [6.07, 6.45) is 1.11. The Kier molecular flexibility index (Phi) is 6.20. The maximum atomic E-state index is 13.9. The summed E-state index contributed by atoms with van der Waals surface area (Å²) >= 11 is 6.24. The number of aromatic nitrogens is 2. The molecular weight excluding hydrogens is 498 g/mol. The molecule has 0 radical (unpaired) electrons. The fourth-order valence-corrected chi connectivity index (χ4v) is 5.89. The molecule has 0 spiro atoms. The molecule has 3 aromatic carbocycles. The summed E-state index contributed by atoms with van der Waals surface area (Å²) in [6.45, 7) is 2.01. The number of Topliss-reactive ketones (excluding diaryl/α,β-unsaturated/α-hetero) is 1. The second-order valence-electron chi connectivity index (χ2n) is 9.74. The van der Waals surface area contributed by atoms with Crippen LogP contribution in [0.2, 0.25) is 5.02 Å². The van der Waals surface area contributed by atoms with Crippen LogP contribution in [0.4, 0.5) is 5.82 Å². The predicted molar refractivity (Wildman–Crippen MR) is 149 cm³/mol. The van der Waals surface area contributed by atoms with Crippen LogP contribution in [-0.4, -0.2) is 29.8 Å². The molecule has 2 heterocycles. The van der Waals surface area contributed by atoms with Crippen molar-refractivity contribution in [2.75, 3.05) is 19.5 Å². The quantitative estimate of drug-likeness (QED) is 0.310. The van der Waals surface area contributed by atoms with E-state index in [4.69, 9.17) is 26.2 Å². The Morgan fingerprint density at radius 1 is 0.921 bits per heavy atom. The van der Waals surface area contributed by atoms with Gasteiger partial charge in [0.1, 0.15) is 5.82 Å². The highest BCUT2D eigenvalue weighted by molar-refractivity contribution is 6.30. The normalized spacial score (nSPS) is 18.5. The smallest absolute Gasteiger partial charge is 0.162 e. The zero-order chi connectivity index (χ0) is 26.4. The van der Waals surface area contributed by atoms with Gasteiger partial charge in [0.15, 0.2) is 17.3 Å². The van der Waals surface area contributed by atoms with E-state index in [2.05, 4.69) is 5.32 Å². The number of hydrogen-bond acceptors (Lipinski definition) is 5. The van der Waals surface area contributed by atoms with E-state index in [1.807, 2.05) is 84.4 Å². The maximum Gasteiger partial charge on any atom is 0.162 e. The largest absolute Gasteiger partial charge is 0.493 e. The zero-order valence-corrected chi connectivity index (χ0v) is 22.3. The molecule has 1 N–H and O–H groups in total. The SMILES string of the molecule is COc1ccc([C@H]2CC(=O)C3=C(C2)Nc2c(c(C)nn2-c2ccccc2)[C@H]3c2ccc(Cl)cc2)cc1OC. The van der Waals surface area contributed by atoms with Crippen LogP contribution in [0.25, 0.3) is 5.69 Å². The highest BCUT2D eigenvalue weighted by Gasteiger charge is 2.41. The van der Waals surface area contributed by atoms with Crippen LogP contribution in [-0.2, 0) is 4.79 Å². The van der Waals surface area contributed by atoms with Crippen molar-refractivity contribution < 1.29 is 14.3 Å². The third-order valence-electron chi connectivity index (χ3n) is 7.54. The molecule has 6 rings (SSSR count). The van der Waals surface area contributed by atoms with E-state index in [0.29, 0.717) is 29.4 Å². The number of ether oxygens (including phenoxy) is 2. The number of carbonyl (C=O) groups excluding carboxylic acids is 1. The summed E-state index contributed by atoms with van der Waals surface area (Å²) in [4.78, 5) is 13.9. The van der Waals surface area contributed by atoms with Crippen LogP contribution < -0.4 is 14.8 Å². The minimum absolute atomic E-state index is 0.00941. The minimum atomic E-state index is -0.227. The van der Waals surface area contributed by atoms with E-state index in [-0.39, 0.29) is 17.6 Å². The summed E-state index contributed by atoms with van der Waals surface area (Å²) in [7, 11) is 3.25. The second-order valence-corrected chi connectivity index (χ2v) is 10.2. The van der Waals surface area contributed by atoms with Gasteiger partial charge >= 0.3 is 0 Å². The molecule has 0 unspecified atom stereocenters. The van der Waals surface area contributed by atoms with E-state index >= 15 is 0 Å². The molecule has 0 saturated heterocycles. The Balaban J connectivity index is 1.49. The van der Waals surface area contributed by atoms with Gasteiger partial charge in [-0.1, -0.05) is 48.0 Å². The summed E-state index contributed by atoms with van der Waals surface area (Å²) in [6, 6.07) is 23.8. The number of methoxy groups -OCH3 is 2. The second kappa shape index (κ2) is 9.69. The average Bonchev–Trinajstić information content (AvgIpc) is 3.28. The number of hydrogen-bond donors (Lipinski definition) is 1. The van der Waals surface area contributed by atoms with Gasteiger partial charge in [-0.05, 0) is 66.8 Å². The molecule has 2 aliphatic rings. The number of benzene rings is 3. The Labute approximate surface area is 226 Å². The minimum Gasteiger partial charge on any atom is -0.493 e. The number of halogens is 1. The van der Waals surface area contributed by atoms with E-state index in [1.54, 1.807) is 14.2 Å². The van der Waals surface area contributed by atoms with Gasteiger partial charge in [0.05, 0.1) is 25.6 Å². The third kappa shape index (κ3) is 4.05. The standard InChI is InChI=1S/C31H28ClN3O3/c1-18-28-29(19-9-12-22(32)13-10-19)30-24(33-31(28)35(34-18)23-7-5-4-6-8-23)15-21(16-25(30)36)20-11-14-26(37-2)27(17-20)38-3/h4-14,17,21,29,33H,15-16H2,1-3H3/t21-,29-/m1/s1. The number of nitrogens with zero attached hydrogens (tertiary/aromatic N) is 2. The van der Waals surface area contributed by atoms with Crippen LogP contribution in [0.1, 0.15) is 47.1 Å². The van der Waals surface area contributed by atoms with Crippen LogP contribution in [0.3, 0.4) is 0 Å². The lowest BCUT2D eigenvalue weighted by Gasteiger charge is -2.36. The molecular formula is C31H28ClN3O3. The molecule has 192 valence electrons. The molecule has 2 atom stereocenters. The fourth-order valence-electron chi connectivity index (χ4n) is 5.76. The molecule has 1 aliphatic carbocycles. The predicted octanol–water partition coefficient (Wildman–Crippen LogP) is 6.81.